The van der Waals surface area contributed by atoms with E-state index < -0.39 is 9.84 Å². The van der Waals surface area contributed by atoms with Gasteiger partial charge in [-0.05, 0) is 45.1 Å². The maximum absolute atomic E-state index is 11.7. The summed E-state index contributed by atoms with van der Waals surface area (Å²) < 4.78 is 23.3. The van der Waals surface area contributed by atoms with Crippen molar-refractivity contribution in [3.05, 3.63) is 35.4 Å². The van der Waals surface area contributed by atoms with Crippen molar-refractivity contribution < 1.29 is 8.42 Å². The number of hydrogen-bond acceptors (Lipinski definition) is 3. The zero-order valence-electron chi connectivity index (χ0n) is 16.5. The van der Waals surface area contributed by atoms with Crippen LogP contribution in [0.5, 0.6) is 0 Å². The Labute approximate surface area is 181 Å². The van der Waals surface area contributed by atoms with Crippen LogP contribution in [0.4, 0.5) is 0 Å². The molecule has 2 aliphatic heterocycles. The lowest BCUT2D eigenvalue weighted by atomic mass is 9.97. The molecular weight excluding hydrogens is 473 g/mol. The molecule has 3 rings (SSSR count). The Morgan fingerprint density at radius 3 is 2.74 bits per heavy atom. The quantitative estimate of drug-likeness (QED) is 0.388. The first-order valence-electron chi connectivity index (χ1n) is 9.65. The van der Waals surface area contributed by atoms with Crippen LogP contribution in [0.2, 0.25) is 0 Å². The van der Waals surface area contributed by atoms with Crippen LogP contribution in [-0.2, 0) is 9.84 Å². The Morgan fingerprint density at radius 2 is 2.11 bits per heavy atom. The Bertz CT molecular complexity index is 764. The second kappa shape index (κ2) is 9.58. The van der Waals surface area contributed by atoms with Gasteiger partial charge in [0.15, 0.2) is 15.8 Å². The summed E-state index contributed by atoms with van der Waals surface area (Å²) in [6.07, 6.45) is 1.87. The number of nitrogens with one attached hydrogen (secondary N) is 1. The van der Waals surface area contributed by atoms with Gasteiger partial charge in [0.05, 0.1) is 11.5 Å². The third-order valence-corrected chi connectivity index (χ3v) is 7.08. The first-order valence-corrected chi connectivity index (χ1v) is 11.5. The highest BCUT2D eigenvalue weighted by Crippen LogP contribution is 2.28. The van der Waals surface area contributed by atoms with Gasteiger partial charge in [-0.3, -0.25) is 4.99 Å². The van der Waals surface area contributed by atoms with Gasteiger partial charge in [-0.1, -0.05) is 29.8 Å². The molecule has 0 aromatic heterocycles. The van der Waals surface area contributed by atoms with Crippen molar-refractivity contribution in [2.45, 2.75) is 45.6 Å². The first kappa shape index (κ1) is 22.5. The average molecular weight is 505 g/mol. The second-order valence-corrected chi connectivity index (χ2v) is 10.3. The summed E-state index contributed by atoms with van der Waals surface area (Å²) in [7, 11) is -2.84. The second-order valence-electron chi connectivity index (χ2n) is 8.08. The van der Waals surface area contributed by atoms with Crippen LogP contribution >= 0.6 is 24.0 Å². The Hall–Kier alpha value is -0.830. The van der Waals surface area contributed by atoms with Crippen molar-refractivity contribution in [3.63, 3.8) is 0 Å². The number of aliphatic imine (C=N–C) groups is 1. The van der Waals surface area contributed by atoms with Crippen LogP contribution < -0.4 is 5.32 Å². The van der Waals surface area contributed by atoms with Crippen LogP contribution in [0.15, 0.2) is 29.3 Å². The third kappa shape index (κ3) is 6.34. The highest BCUT2D eigenvalue weighted by atomic mass is 127. The molecule has 0 spiro atoms. The van der Waals surface area contributed by atoms with Gasteiger partial charge < -0.3 is 10.2 Å². The predicted molar refractivity (Wildman–Crippen MR) is 123 cm³/mol. The van der Waals surface area contributed by atoms with E-state index in [1.807, 2.05) is 0 Å². The number of guanidine groups is 1. The fraction of sp³-hybridized carbons (Fsp3) is 0.650. The van der Waals surface area contributed by atoms with Crippen molar-refractivity contribution in [2.24, 2.45) is 10.9 Å². The van der Waals surface area contributed by atoms with Gasteiger partial charge in [-0.15, -0.1) is 24.0 Å². The molecule has 2 atom stereocenters. The zero-order chi connectivity index (χ0) is 18.7. The van der Waals surface area contributed by atoms with E-state index in [9.17, 15) is 8.42 Å². The zero-order valence-corrected chi connectivity index (χ0v) is 19.7. The summed E-state index contributed by atoms with van der Waals surface area (Å²) in [4.78, 5) is 7.14. The van der Waals surface area contributed by atoms with E-state index in [-0.39, 0.29) is 35.6 Å². The van der Waals surface area contributed by atoms with Crippen molar-refractivity contribution >= 4 is 39.8 Å². The molecule has 0 amide bonds. The predicted octanol–water partition coefficient (Wildman–Crippen LogP) is 3.19. The lowest BCUT2D eigenvalue weighted by Gasteiger charge is -2.24. The number of aryl methyl sites for hydroxylation is 1. The highest BCUT2D eigenvalue weighted by Gasteiger charge is 2.29. The molecule has 27 heavy (non-hydrogen) atoms. The molecule has 0 aliphatic carbocycles. The maximum atomic E-state index is 11.7. The number of hydrogen-bond donors (Lipinski definition) is 1. The van der Waals surface area contributed by atoms with Crippen LogP contribution in [0.25, 0.3) is 0 Å². The minimum atomic E-state index is -2.84. The summed E-state index contributed by atoms with van der Waals surface area (Å²) in [5.74, 6) is 2.23. The molecule has 0 radical (unpaired) electrons. The van der Waals surface area contributed by atoms with E-state index in [4.69, 9.17) is 4.99 Å². The Morgan fingerprint density at radius 1 is 1.33 bits per heavy atom. The van der Waals surface area contributed by atoms with Gasteiger partial charge in [-0.25, -0.2) is 8.42 Å². The smallest absolute Gasteiger partial charge is 0.194 e. The minimum Gasteiger partial charge on any atom is -0.354 e. The van der Waals surface area contributed by atoms with Gasteiger partial charge in [0.25, 0.3) is 0 Å². The van der Waals surface area contributed by atoms with Gasteiger partial charge in [0, 0.05) is 31.6 Å². The average Bonchev–Trinajstić information content (AvgIpc) is 3.18. The van der Waals surface area contributed by atoms with Crippen molar-refractivity contribution in [2.75, 3.05) is 31.1 Å². The monoisotopic (exact) mass is 505 g/mol. The number of halogens is 1. The molecule has 2 aliphatic rings. The molecule has 1 aromatic rings. The largest absolute Gasteiger partial charge is 0.354 e. The molecule has 1 aromatic carbocycles. The molecule has 0 saturated carbocycles. The van der Waals surface area contributed by atoms with E-state index >= 15 is 0 Å². The van der Waals surface area contributed by atoms with Gasteiger partial charge >= 0.3 is 0 Å². The summed E-state index contributed by atoms with van der Waals surface area (Å²) >= 11 is 0. The summed E-state index contributed by atoms with van der Waals surface area (Å²) in [5, 5.41) is 3.48. The number of rotatable bonds is 4. The Kier molecular flexibility index (Phi) is 7.97. The van der Waals surface area contributed by atoms with Crippen LogP contribution in [0, 0.1) is 12.8 Å². The van der Waals surface area contributed by atoms with Crippen molar-refractivity contribution in [1.82, 2.24) is 10.2 Å². The van der Waals surface area contributed by atoms with E-state index in [1.54, 1.807) is 0 Å². The SMILES string of the molecule is Cc1cccc(C2CCN(C(=NCC3CCS(=O)(=O)C3)NC(C)C)C2)c1.I. The van der Waals surface area contributed by atoms with Crippen LogP contribution in [0.3, 0.4) is 0 Å². The molecule has 152 valence electrons. The topological polar surface area (TPSA) is 61.8 Å². The van der Waals surface area contributed by atoms with Crippen LogP contribution in [-0.4, -0.2) is 56.5 Å². The highest BCUT2D eigenvalue weighted by molar-refractivity contribution is 14.0. The molecule has 7 heteroatoms. The summed E-state index contributed by atoms with van der Waals surface area (Å²) in [6, 6.07) is 9.08. The lowest BCUT2D eigenvalue weighted by molar-refractivity contribution is 0.470. The summed E-state index contributed by atoms with van der Waals surface area (Å²) in [6.45, 7) is 8.91. The summed E-state index contributed by atoms with van der Waals surface area (Å²) in [5.41, 5.74) is 2.70. The molecular formula is C20H32IN3O2S. The molecule has 5 nitrogen and oxygen atoms in total. The fourth-order valence-electron chi connectivity index (χ4n) is 3.88. The molecule has 0 bridgehead atoms. The van der Waals surface area contributed by atoms with E-state index in [2.05, 4.69) is 55.3 Å². The number of sulfone groups is 1. The van der Waals surface area contributed by atoms with E-state index in [0.717, 1.165) is 31.9 Å². The standard InChI is InChI=1S/C20H31N3O2S.HI/c1-15(2)22-20(21-12-17-8-10-26(24,25)14-17)23-9-7-19(13-23)18-6-4-5-16(3)11-18;/h4-6,11,15,17,19H,7-10,12-14H2,1-3H3,(H,21,22);1H. The van der Waals surface area contributed by atoms with Crippen molar-refractivity contribution in [3.8, 4) is 0 Å². The molecule has 2 fully saturated rings. The molecule has 2 unspecified atom stereocenters. The van der Waals surface area contributed by atoms with Gasteiger partial charge in [-0.2, -0.15) is 0 Å². The fourth-order valence-corrected chi connectivity index (χ4v) is 5.72. The van der Waals surface area contributed by atoms with Crippen molar-refractivity contribution in [1.29, 1.82) is 0 Å². The maximum Gasteiger partial charge on any atom is 0.194 e. The van der Waals surface area contributed by atoms with Crippen LogP contribution in [0.1, 0.15) is 43.7 Å². The lowest BCUT2D eigenvalue weighted by Crippen LogP contribution is -2.43. The number of likely N-dealkylation sites (tertiary alicyclic amines) is 1. The number of nitrogens with zero attached hydrogens (tertiary/aromatic N) is 2. The number of benzene rings is 1. The minimum absolute atomic E-state index is 0. The molecule has 1 N–H and O–H groups in total. The Balaban J connectivity index is 0.00000261. The third-order valence-electron chi connectivity index (χ3n) is 5.25. The van der Waals surface area contributed by atoms with E-state index in [1.165, 1.54) is 11.1 Å². The molecule has 2 saturated heterocycles. The van der Waals surface area contributed by atoms with Gasteiger partial charge in [0.2, 0.25) is 0 Å². The molecule has 2 heterocycles. The van der Waals surface area contributed by atoms with Gasteiger partial charge in [0.1, 0.15) is 0 Å². The normalized spacial score (nSPS) is 24.9. The van der Waals surface area contributed by atoms with E-state index in [0.29, 0.717) is 24.3 Å². The first-order chi connectivity index (χ1) is 12.3.